The highest BCUT2D eigenvalue weighted by molar-refractivity contribution is 7.89. The van der Waals surface area contributed by atoms with E-state index in [1.165, 1.54) is 19.3 Å². The fourth-order valence-electron chi connectivity index (χ4n) is 1.35. The van der Waals surface area contributed by atoms with Gasteiger partial charge in [0.25, 0.3) is 10.0 Å². The van der Waals surface area contributed by atoms with Crippen molar-refractivity contribution >= 4 is 27.6 Å². The Bertz CT molecular complexity index is 547. The van der Waals surface area contributed by atoms with E-state index in [1.54, 1.807) is 0 Å². The van der Waals surface area contributed by atoms with E-state index in [9.17, 15) is 13.2 Å². The van der Waals surface area contributed by atoms with Crippen LogP contribution in [0.5, 0.6) is 0 Å². The molecule has 0 radical (unpaired) electrons. The molecule has 1 aromatic heterocycles. The van der Waals surface area contributed by atoms with Crippen molar-refractivity contribution in [1.82, 2.24) is 14.1 Å². The van der Waals surface area contributed by atoms with E-state index in [4.69, 9.17) is 16.7 Å². The van der Waals surface area contributed by atoms with Gasteiger partial charge in [-0.25, -0.2) is 8.42 Å². The number of halogens is 1. The number of hydrogen-bond donors (Lipinski definition) is 1. The molecule has 0 fully saturated rings. The zero-order valence-electron chi connectivity index (χ0n) is 9.58. The van der Waals surface area contributed by atoms with E-state index in [-0.39, 0.29) is 16.6 Å². The van der Waals surface area contributed by atoms with Gasteiger partial charge in [0.1, 0.15) is 6.54 Å². The molecule has 0 aliphatic heterocycles. The van der Waals surface area contributed by atoms with E-state index in [0.29, 0.717) is 0 Å². The third-order valence-electron chi connectivity index (χ3n) is 2.07. The third kappa shape index (κ3) is 2.89. The van der Waals surface area contributed by atoms with Gasteiger partial charge in [0.15, 0.2) is 5.03 Å². The molecule has 0 unspecified atom stereocenters. The topological polar surface area (TPSA) is 92.5 Å². The summed E-state index contributed by atoms with van der Waals surface area (Å²) in [5.41, 5.74) is 0. The van der Waals surface area contributed by atoms with Gasteiger partial charge in [0, 0.05) is 13.6 Å². The lowest BCUT2D eigenvalue weighted by atomic mass is 10.6. The van der Waals surface area contributed by atoms with Crippen LogP contribution in [0.25, 0.3) is 0 Å². The second kappa shape index (κ2) is 5.51. The van der Waals surface area contributed by atoms with Gasteiger partial charge in [0.2, 0.25) is 0 Å². The van der Waals surface area contributed by atoms with Crippen molar-refractivity contribution < 1.29 is 18.3 Å². The maximum atomic E-state index is 12.2. The number of rotatable bonds is 6. The molecule has 7 nitrogen and oxygen atoms in total. The number of carboxylic acid groups (broad SMARTS) is 1. The van der Waals surface area contributed by atoms with Crippen LogP contribution in [-0.4, -0.2) is 46.7 Å². The summed E-state index contributed by atoms with van der Waals surface area (Å²) in [5.74, 6) is -1.27. The molecule has 0 atom stereocenters. The van der Waals surface area contributed by atoms with Gasteiger partial charge >= 0.3 is 5.97 Å². The summed E-state index contributed by atoms with van der Waals surface area (Å²) >= 11 is 5.75. The Kier molecular flexibility index (Phi) is 4.49. The quantitative estimate of drug-likeness (QED) is 0.763. The number of nitrogens with zero attached hydrogens (tertiary/aromatic N) is 3. The number of aliphatic carboxylic acids is 1. The normalized spacial score (nSPS) is 11.7. The number of aromatic nitrogens is 2. The largest absolute Gasteiger partial charge is 0.480 e. The van der Waals surface area contributed by atoms with E-state index >= 15 is 0 Å². The predicted molar refractivity (Wildman–Crippen MR) is 64.8 cm³/mol. The minimum absolute atomic E-state index is 0.0584. The molecule has 18 heavy (non-hydrogen) atoms. The van der Waals surface area contributed by atoms with Crippen LogP contribution >= 0.6 is 11.6 Å². The second-order valence-electron chi connectivity index (χ2n) is 3.40. The van der Waals surface area contributed by atoms with Gasteiger partial charge in [-0.15, -0.1) is 6.58 Å². The van der Waals surface area contributed by atoms with Gasteiger partial charge < -0.3 is 5.11 Å². The highest BCUT2D eigenvalue weighted by atomic mass is 35.5. The van der Waals surface area contributed by atoms with Gasteiger partial charge in [0.05, 0.1) is 11.2 Å². The van der Waals surface area contributed by atoms with Crippen LogP contribution in [0.4, 0.5) is 0 Å². The minimum Gasteiger partial charge on any atom is -0.480 e. The standard InChI is InChI=1S/C9H12ClN3O4S/c1-3-4-13(6-8(14)15)18(16,17)9-7(10)5-11-12(9)2/h3,5H,1,4,6H2,2H3,(H,14,15). The smallest absolute Gasteiger partial charge is 0.318 e. The predicted octanol–water partition coefficient (Wildman–Crippen LogP) is 0.335. The molecule has 0 aliphatic rings. The maximum absolute atomic E-state index is 12.2. The highest BCUT2D eigenvalue weighted by Gasteiger charge is 2.30. The van der Waals surface area contributed by atoms with Crippen molar-refractivity contribution in [2.45, 2.75) is 5.03 Å². The molecule has 0 bridgehead atoms. The molecular weight excluding hydrogens is 282 g/mol. The lowest BCUT2D eigenvalue weighted by Crippen LogP contribution is -2.36. The van der Waals surface area contributed by atoms with Gasteiger partial charge in [-0.2, -0.15) is 9.40 Å². The van der Waals surface area contributed by atoms with Crippen molar-refractivity contribution in [3.05, 3.63) is 23.9 Å². The van der Waals surface area contributed by atoms with E-state index in [1.807, 2.05) is 0 Å². The van der Waals surface area contributed by atoms with Crippen LogP contribution in [0, 0.1) is 0 Å². The average molecular weight is 294 g/mol. The minimum atomic E-state index is -4.03. The molecule has 9 heteroatoms. The average Bonchev–Trinajstić information content (AvgIpc) is 2.57. The Morgan fingerprint density at radius 3 is 2.72 bits per heavy atom. The SMILES string of the molecule is C=CCN(CC(=O)O)S(=O)(=O)c1c(Cl)cnn1C. The lowest BCUT2D eigenvalue weighted by molar-refractivity contribution is -0.137. The van der Waals surface area contributed by atoms with Crippen LogP contribution < -0.4 is 0 Å². The first-order valence-corrected chi connectivity index (χ1v) is 6.62. The first kappa shape index (κ1) is 14.7. The Morgan fingerprint density at radius 1 is 1.72 bits per heavy atom. The zero-order valence-corrected chi connectivity index (χ0v) is 11.1. The van der Waals surface area contributed by atoms with Crippen molar-refractivity contribution in [2.24, 2.45) is 7.05 Å². The van der Waals surface area contributed by atoms with Gasteiger partial charge in [-0.3, -0.25) is 9.48 Å². The third-order valence-corrected chi connectivity index (χ3v) is 4.39. The van der Waals surface area contributed by atoms with E-state index < -0.39 is 22.5 Å². The molecule has 1 heterocycles. The highest BCUT2D eigenvalue weighted by Crippen LogP contribution is 2.23. The monoisotopic (exact) mass is 293 g/mol. The summed E-state index contributed by atoms with van der Waals surface area (Å²) in [5, 5.41) is 12.1. The van der Waals surface area contributed by atoms with Crippen LogP contribution in [0.1, 0.15) is 0 Å². The Hall–Kier alpha value is -1.38. The Balaban J connectivity index is 3.25. The first-order valence-electron chi connectivity index (χ1n) is 4.81. The molecule has 1 aromatic rings. The van der Waals surface area contributed by atoms with Crippen LogP contribution in [0.3, 0.4) is 0 Å². The Morgan fingerprint density at radius 2 is 2.33 bits per heavy atom. The molecule has 0 spiro atoms. The van der Waals surface area contributed by atoms with Crippen molar-refractivity contribution in [3.8, 4) is 0 Å². The fraction of sp³-hybridized carbons (Fsp3) is 0.333. The molecule has 0 saturated carbocycles. The molecule has 100 valence electrons. The van der Waals surface area contributed by atoms with Crippen molar-refractivity contribution in [1.29, 1.82) is 0 Å². The number of hydrogen-bond acceptors (Lipinski definition) is 4. The van der Waals surface area contributed by atoms with Crippen molar-refractivity contribution in [3.63, 3.8) is 0 Å². The Labute approximate surface area is 109 Å². The first-order chi connectivity index (χ1) is 8.30. The summed E-state index contributed by atoms with van der Waals surface area (Å²) in [6.45, 7) is 2.59. The molecule has 0 saturated heterocycles. The second-order valence-corrected chi connectivity index (χ2v) is 5.66. The maximum Gasteiger partial charge on any atom is 0.318 e. The number of sulfonamides is 1. The number of aryl methyl sites for hydroxylation is 1. The molecular formula is C9H12ClN3O4S. The van der Waals surface area contributed by atoms with Crippen LogP contribution in [0.2, 0.25) is 5.02 Å². The summed E-state index contributed by atoms with van der Waals surface area (Å²) in [4.78, 5) is 10.7. The van der Waals surface area contributed by atoms with Gasteiger partial charge in [-0.1, -0.05) is 17.7 Å². The zero-order chi connectivity index (χ0) is 13.9. The molecule has 1 rings (SSSR count). The number of carboxylic acids is 1. The molecule has 0 amide bonds. The summed E-state index contributed by atoms with van der Waals surface area (Å²) < 4.78 is 26.3. The van der Waals surface area contributed by atoms with E-state index in [2.05, 4.69) is 11.7 Å². The molecule has 0 aliphatic carbocycles. The molecule has 0 aromatic carbocycles. The van der Waals surface area contributed by atoms with Crippen LogP contribution in [-0.2, 0) is 21.9 Å². The van der Waals surface area contributed by atoms with Gasteiger partial charge in [-0.05, 0) is 0 Å². The fourth-order valence-corrected chi connectivity index (χ4v) is 3.32. The lowest BCUT2D eigenvalue weighted by Gasteiger charge is -2.18. The molecule has 1 N–H and O–H groups in total. The van der Waals surface area contributed by atoms with Crippen molar-refractivity contribution in [2.75, 3.05) is 13.1 Å². The van der Waals surface area contributed by atoms with Crippen LogP contribution in [0.15, 0.2) is 23.9 Å². The summed E-state index contributed by atoms with van der Waals surface area (Å²) in [7, 11) is -2.62. The summed E-state index contributed by atoms with van der Waals surface area (Å²) in [6.07, 6.45) is 2.48. The summed E-state index contributed by atoms with van der Waals surface area (Å²) in [6, 6.07) is 0. The van der Waals surface area contributed by atoms with E-state index in [0.717, 1.165) is 8.99 Å². The number of carbonyl (C=O) groups is 1.